The van der Waals surface area contributed by atoms with E-state index in [4.69, 9.17) is 9.47 Å². The van der Waals surface area contributed by atoms with Crippen molar-refractivity contribution in [3.05, 3.63) is 53.9 Å². The number of fused-ring (bicyclic) bond motifs is 1. The van der Waals surface area contributed by atoms with Crippen LogP contribution in [0.4, 0.5) is 0 Å². The van der Waals surface area contributed by atoms with Gasteiger partial charge in [0.05, 0.1) is 12.7 Å². The Balaban J connectivity index is 1.94. The zero-order valence-electron chi connectivity index (χ0n) is 11.9. The lowest BCUT2D eigenvalue weighted by molar-refractivity contribution is 0.0699. The minimum absolute atomic E-state index is 0.123. The van der Waals surface area contributed by atoms with Gasteiger partial charge in [-0.05, 0) is 24.3 Å². The quantitative estimate of drug-likeness (QED) is 0.756. The molecule has 0 saturated carbocycles. The summed E-state index contributed by atoms with van der Waals surface area (Å²) < 4.78 is 10.8. The van der Waals surface area contributed by atoms with Crippen molar-refractivity contribution < 1.29 is 19.4 Å². The predicted octanol–water partition coefficient (Wildman–Crippen LogP) is 2.85. The molecule has 112 valence electrons. The lowest BCUT2D eigenvalue weighted by Gasteiger charge is -2.03. The van der Waals surface area contributed by atoms with Gasteiger partial charge in [-0.25, -0.2) is 9.78 Å². The fraction of sp³-hybridized carbons (Fsp3) is 0.125. The number of nitrogens with one attached hydrogen (secondary N) is 1. The maximum absolute atomic E-state index is 11.3. The van der Waals surface area contributed by atoms with Crippen LogP contribution in [0.25, 0.3) is 11.0 Å². The number of carboxylic acids is 1. The van der Waals surface area contributed by atoms with Gasteiger partial charge in [0.2, 0.25) is 0 Å². The summed E-state index contributed by atoms with van der Waals surface area (Å²) in [6, 6.07) is 12.4. The Morgan fingerprint density at radius 1 is 1.23 bits per heavy atom. The number of imidazole rings is 1. The molecule has 0 radical (unpaired) electrons. The van der Waals surface area contributed by atoms with Gasteiger partial charge in [0.15, 0.2) is 0 Å². The highest BCUT2D eigenvalue weighted by atomic mass is 16.5. The third-order valence-electron chi connectivity index (χ3n) is 3.22. The number of rotatable bonds is 5. The van der Waals surface area contributed by atoms with Gasteiger partial charge < -0.3 is 19.6 Å². The Morgan fingerprint density at radius 2 is 2.00 bits per heavy atom. The van der Waals surface area contributed by atoms with Crippen LogP contribution in [0.2, 0.25) is 0 Å². The second-order valence-electron chi connectivity index (χ2n) is 4.63. The summed E-state index contributed by atoms with van der Waals surface area (Å²) in [7, 11) is 1.52. The SMILES string of the molecule is COc1ccc(C(=O)O)c2nc(COc3ccccc3)[nH]c12. The summed E-state index contributed by atoms with van der Waals surface area (Å²) in [5.74, 6) is 0.757. The molecule has 0 atom stereocenters. The molecule has 2 aromatic carbocycles. The van der Waals surface area contributed by atoms with Crippen LogP contribution < -0.4 is 9.47 Å². The second-order valence-corrected chi connectivity index (χ2v) is 4.63. The van der Waals surface area contributed by atoms with Crippen molar-refractivity contribution in [2.24, 2.45) is 0 Å². The number of aromatic nitrogens is 2. The number of hydrogen-bond acceptors (Lipinski definition) is 4. The number of ether oxygens (including phenoxy) is 2. The molecule has 6 heteroatoms. The average molecular weight is 298 g/mol. The zero-order valence-corrected chi connectivity index (χ0v) is 11.9. The van der Waals surface area contributed by atoms with E-state index in [1.807, 2.05) is 30.3 Å². The van der Waals surface area contributed by atoms with Gasteiger partial charge in [-0.2, -0.15) is 0 Å². The maximum atomic E-state index is 11.3. The summed E-state index contributed by atoms with van der Waals surface area (Å²) in [4.78, 5) is 18.6. The first-order chi connectivity index (χ1) is 10.7. The molecule has 0 aliphatic heterocycles. The number of methoxy groups -OCH3 is 1. The lowest BCUT2D eigenvalue weighted by Crippen LogP contribution is -1.99. The molecule has 22 heavy (non-hydrogen) atoms. The maximum Gasteiger partial charge on any atom is 0.337 e. The summed E-state index contributed by atoms with van der Waals surface area (Å²) in [6.45, 7) is 0.209. The molecule has 2 N–H and O–H groups in total. The highest BCUT2D eigenvalue weighted by Crippen LogP contribution is 2.27. The van der Waals surface area contributed by atoms with E-state index in [0.29, 0.717) is 28.4 Å². The number of H-pyrrole nitrogens is 1. The van der Waals surface area contributed by atoms with Gasteiger partial charge >= 0.3 is 5.97 Å². The van der Waals surface area contributed by atoms with Crippen molar-refractivity contribution in [2.45, 2.75) is 6.61 Å². The molecule has 0 unspecified atom stereocenters. The number of carbonyl (C=O) groups is 1. The van der Waals surface area contributed by atoms with Crippen LogP contribution >= 0.6 is 0 Å². The lowest BCUT2D eigenvalue weighted by atomic mass is 10.2. The molecule has 3 rings (SSSR count). The Labute approximate surface area is 126 Å². The van der Waals surface area contributed by atoms with E-state index in [1.54, 1.807) is 6.07 Å². The minimum Gasteiger partial charge on any atom is -0.494 e. The summed E-state index contributed by atoms with van der Waals surface area (Å²) in [5, 5.41) is 9.24. The Kier molecular flexibility index (Phi) is 3.65. The molecule has 0 fully saturated rings. The smallest absolute Gasteiger partial charge is 0.337 e. The summed E-state index contributed by atoms with van der Waals surface area (Å²) in [5.41, 5.74) is 1.03. The van der Waals surface area contributed by atoms with E-state index in [2.05, 4.69) is 9.97 Å². The predicted molar refractivity (Wildman–Crippen MR) is 80.4 cm³/mol. The van der Waals surface area contributed by atoms with Crippen LogP contribution in [0.15, 0.2) is 42.5 Å². The molecule has 0 aliphatic rings. The summed E-state index contributed by atoms with van der Waals surface area (Å²) in [6.07, 6.45) is 0. The molecule has 1 aromatic heterocycles. The van der Waals surface area contributed by atoms with Crippen molar-refractivity contribution in [2.75, 3.05) is 7.11 Å². The fourth-order valence-electron chi connectivity index (χ4n) is 2.20. The van der Waals surface area contributed by atoms with E-state index in [1.165, 1.54) is 13.2 Å². The van der Waals surface area contributed by atoms with E-state index in [0.717, 1.165) is 0 Å². The van der Waals surface area contributed by atoms with Crippen molar-refractivity contribution in [1.82, 2.24) is 9.97 Å². The summed E-state index contributed by atoms with van der Waals surface area (Å²) >= 11 is 0. The zero-order chi connectivity index (χ0) is 15.5. The number of benzene rings is 2. The molecule has 0 spiro atoms. The number of para-hydroxylation sites is 1. The van der Waals surface area contributed by atoms with Crippen LogP contribution in [-0.2, 0) is 6.61 Å². The van der Waals surface area contributed by atoms with Crippen LogP contribution in [0.5, 0.6) is 11.5 Å². The molecule has 0 amide bonds. The molecule has 1 heterocycles. The first-order valence-corrected chi connectivity index (χ1v) is 6.66. The Hall–Kier alpha value is -3.02. The third-order valence-corrected chi connectivity index (χ3v) is 3.22. The molecule has 3 aromatic rings. The number of carboxylic acid groups (broad SMARTS) is 1. The monoisotopic (exact) mass is 298 g/mol. The Bertz CT molecular complexity index is 812. The van der Waals surface area contributed by atoms with Gasteiger partial charge in [0, 0.05) is 0 Å². The fourth-order valence-corrected chi connectivity index (χ4v) is 2.20. The van der Waals surface area contributed by atoms with Gasteiger partial charge in [-0.3, -0.25) is 0 Å². The highest BCUT2D eigenvalue weighted by Gasteiger charge is 2.16. The van der Waals surface area contributed by atoms with Gasteiger partial charge in [0.25, 0.3) is 0 Å². The Morgan fingerprint density at radius 3 is 2.68 bits per heavy atom. The highest BCUT2D eigenvalue weighted by molar-refractivity contribution is 6.02. The average Bonchev–Trinajstić information content (AvgIpc) is 2.96. The molecule has 6 nitrogen and oxygen atoms in total. The van der Waals surface area contributed by atoms with E-state index in [9.17, 15) is 9.90 Å². The standard InChI is InChI=1S/C16H14N2O4/c1-21-12-8-7-11(16(19)20)14-15(12)18-13(17-14)9-22-10-5-3-2-4-6-10/h2-8H,9H2,1H3,(H,17,18)(H,19,20). The minimum atomic E-state index is -1.03. The first kappa shape index (κ1) is 13.9. The molecular formula is C16H14N2O4. The topological polar surface area (TPSA) is 84.4 Å². The van der Waals surface area contributed by atoms with E-state index < -0.39 is 5.97 Å². The largest absolute Gasteiger partial charge is 0.494 e. The van der Waals surface area contributed by atoms with E-state index in [-0.39, 0.29) is 12.2 Å². The van der Waals surface area contributed by atoms with Crippen LogP contribution in [0, 0.1) is 0 Å². The molecular weight excluding hydrogens is 284 g/mol. The van der Waals surface area contributed by atoms with E-state index >= 15 is 0 Å². The normalized spacial score (nSPS) is 10.6. The van der Waals surface area contributed by atoms with Crippen molar-refractivity contribution in [3.8, 4) is 11.5 Å². The number of nitrogens with zero attached hydrogens (tertiary/aromatic N) is 1. The number of aromatic carboxylic acids is 1. The first-order valence-electron chi connectivity index (χ1n) is 6.66. The van der Waals surface area contributed by atoms with Gasteiger partial charge in [0.1, 0.15) is 35.0 Å². The van der Waals surface area contributed by atoms with Crippen LogP contribution in [0.1, 0.15) is 16.2 Å². The van der Waals surface area contributed by atoms with Crippen molar-refractivity contribution >= 4 is 17.0 Å². The number of hydrogen-bond donors (Lipinski definition) is 2. The van der Waals surface area contributed by atoms with Crippen molar-refractivity contribution in [3.63, 3.8) is 0 Å². The molecule has 0 aliphatic carbocycles. The number of aromatic amines is 1. The van der Waals surface area contributed by atoms with Gasteiger partial charge in [-0.1, -0.05) is 18.2 Å². The molecule has 0 saturated heterocycles. The third kappa shape index (κ3) is 2.58. The van der Waals surface area contributed by atoms with Crippen LogP contribution in [-0.4, -0.2) is 28.2 Å². The molecule has 0 bridgehead atoms. The second kappa shape index (κ2) is 5.77. The van der Waals surface area contributed by atoms with Crippen LogP contribution in [0.3, 0.4) is 0 Å². The van der Waals surface area contributed by atoms with Crippen molar-refractivity contribution in [1.29, 1.82) is 0 Å². The van der Waals surface area contributed by atoms with Gasteiger partial charge in [-0.15, -0.1) is 0 Å².